The molecule has 15 heavy (non-hydrogen) atoms. The Balaban J connectivity index is 2.34. The van der Waals surface area contributed by atoms with E-state index >= 15 is 0 Å². The van der Waals surface area contributed by atoms with Crippen molar-refractivity contribution in [2.24, 2.45) is 0 Å². The van der Waals surface area contributed by atoms with Crippen molar-refractivity contribution in [3.63, 3.8) is 0 Å². The van der Waals surface area contributed by atoms with Crippen LogP contribution in [0.25, 0.3) is 0 Å². The highest BCUT2D eigenvalue weighted by Crippen LogP contribution is 2.32. The van der Waals surface area contributed by atoms with Crippen LogP contribution in [0.1, 0.15) is 37.2 Å². The molecule has 1 aromatic carbocycles. The summed E-state index contributed by atoms with van der Waals surface area (Å²) in [6.45, 7) is 0. The van der Waals surface area contributed by atoms with Crippen LogP contribution in [-0.2, 0) is 4.79 Å². The van der Waals surface area contributed by atoms with Crippen molar-refractivity contribution in [1.82, 2.24) is 0 Å². The first-order valence-corrected chi connectivity index (χ1v) is 5.54. The number of carbonyl (C=O) groups excluding carboxylic acids is 1. The van der Waals surface area contributed by atoms with Crippen molar-refractivity contribution in [3.05, 3.63) is 34.6 Å². The predicted molar refractivity (Wildman–Crippen MR) is 57.6 cm³/mol. The summed E-state index contributed by atoms with van der Waals surface area (Å²) < 4.78 is 13.5. The second kappa shape index (κ2) is 4.31. The van der Waals surface area contributed by atoms with Crippen LogP contribution >= 0.6 is 11.6 Å². The van der Waals surface area contributed by atoms with Gasteiger partial charge in [0.05, 0.1) is 0 Å². The van der Waals surface area contributed by atoms with E-state index in [1.807, 2.05) is 0 Å². The van der Waals surface area contributed by atoms with Gasteiger partial charge >= 0.3 is 0 Å². The topological polar surface area (TPSA) is 17.1 Å². The number of carbonyl (C=O) groups is 1. The summed E-state index contributed by atoms with van der Waals surface area (Å²) in [7, 11) is 0. The van der Waals surface area contributed by atoms with E-state index < -0.39 is 0 Å². The molecule has 2 rings (SSSR count). The van der Waals surface area contributed by atoms with E-state index in [0.717, 1.165) is 19.3 Å². The van der Waals surface area contributed by atoms with Gasteiger partial charge in [-0.3, -0.25) is 4.79 Å². The zero-order chi connectivity index (χ0) is 10.8. The van der Waals surface area contributed by atoms with Crippen molar-refractivity contribution < 1.29 is 9.18 Å². The van der Waals surface area contributed by atoms with Crippen molar-refractivity contribution >= 4 is 17.4 Å². The lowest BCUT2D eigenvalue weighted by Gasteiger charge is -2.21. The van der Waals surface area contributed by atoms with Crippen LogP contribution in [-0.4, -0.2) is 5.78 Å². The standard InChI is InChI=1S/C12H12ClFO/c13-8-5-6-11(14)10(7-8)9-3-1-2-4-12(9)15/h5-7,9H,1-4H2. The van der Waals surface area contributed by atoms with E-state index in [9.17, 15) is 9.18 Å². The average Bonchev–Trinajstić information content (AvgIpc) is 2.23. The van der Waals surface area contributed by atoms with Crippen LogP contribution in [0.4, 0.5) is 4.39 Å². The Bertz CT molecular complexity index is 389. The minimum atomic E-state index is -0.320. The molecule has 0 saturated heterocycles. The molecule has 0 heterocycles. The predicted octanol–water partition coefficient (Wildman–Crippen LogP) is 3.71. The van der Waals surface area contributed by atoms with Gasteiger partial charge in [-0.05, 0) is 36.6 Å². The third-order valence-corrected chi connectivity index (χ3v) is 3.12. The zero-order valence-electron chi connectivity index (χ0n) is 8.30. The van der Waals surface area contributed by atoms with Gasteiger partial charge in [-0.1, -0.05) is 18.0 Å². The molecule has 0 amide bonds. The second-order valence-corrected chi connectivity index (χ2v) is 4.37. The van der Waals surface area contributed by atoms with E-state index in [2.05, 4.69) is 0 Å². The van der Waals surface area contributed by atoms with Gasteiger partial charge < -0.3 is 0 Å². The molecule has 0 aliphatic heterocycles. The maximum atomic E-state index is 13.5. The van der Waals surface area contributed by atoms with E-state index in [4.69, 9.17) is 11.6 Å². The fourth-order valence-corrected chi connectivity index (χ4v) is 2.27. The molecule has 80 valence electrons. The lowest BCUT2D eigenvalue weighted by Crippen LogP contribution is -2.18. The summed E-state index contributed by atoms with van der Waals surface area (Å²) in [6, 6.07) is 4.41. The molecule has 0 radical (unpaired) electrons. The van der Waals surface area contributed by atoms with Crippen LogP contribution in [0.15, 0.2) is 18.2 Å². The molecule has 1 aliphatic carbocycles. The molecule has 1 aliphatic rings. The number of halogens is 2. The number of rotatable bonds is 1. The fraction of sp³-hybridized carbons (Fsp3) is 0.417. The van der Waals surface area contributed by atoms with Gasteiger partial charge in [-0.2, -0.15) is 0 Å². The Morgan fingerprint density at radius 2 is 2.13 bits per heavy atom. The molecule has 0 N–H and O–H groups in total. The highest BCUT2D eigenvalue weighted by molar-refractivity contribution is 6.30. The number of Topliss-reactive ketones (excluding diaryl/α,β-unsaturated/α-hetero) is 1. The molecule has 1 fully saturated rings. The summed E-state index contributed by atoms with van der Waals surface area (Å²) in [5.41, 5.74) is 0.465. The Hall–Kier alpha value is -0.890. The lowest BCUT2D eigenvalue weighted by molar-refractivity contribution is -0.121. The second-order valence-electron chi connectivity index (χ2n) is 3.93. The van der Waals surface area contributed by atoms with E-state index in [1.54, 1.807) is 6.07 Å². The van der Waals surface area contributed by atoms with Crippen molar-refractivity contribution in [3.8, 4) is 0 Å². The minimum absolute atomic E-state index is 0.141. The van der Waals surface area contributed by atoms with Gasteiger partial charge in [0.1, 0.15) is 11.6 Å². The van der Waals surface area contributed by atoms with Gasteiger partial charge in [0.15, 0.2) is 0 Å². The quantitative estimate of drug-likeness (QED) is 0.714. The SMILES string of the molecule is O=C1CCCCC1c1cc(Cl)ccc1F. The largest absolute Gasteiger partial charge is 0.299 e. The smallest absolute Gasteiger partial charge is 0.140 e. The molecule has 1 aromatic rings. The van der Waals surface area contributed by atoms with Crippen molar-refractivity contribution in [1.29, 1.82) is 0 Å². The van der Waals surface area contributed by atoms with E-state index in [-0.39, 0.29) is 17.5 Å². The molecule has 1 unspecified atom stereocenters. The third-order valence-electron chi connectivity index (χ3n) is 2.89. The monoisotopic (exact) mass is 226 g/mol. The summed E-state index contributed by atoms with van der Waals surface area (Å²) in [5.74, 6) is -0.459. The van der Waals surface area contributed by atoms with Crippen LogP contribution in [0.2, 0.25) is 5.02 Å². The zero-order valence-corrected chi connectivity index (χ0v) is 9.06. The molecule has 0 bridgehead atoms. The first kappa shape index (κ1) is 10.6. The molecule has 1 nitrogen and oxygen atoms in total. The van der Waals surface area contributed by atoms with E-state index in [1.165, 1.54) is 12.1 Å². The minimum Gasteiger partial charge on any atom is -0.299 e. The summed E-state index contributed by atoms with van der Waals surface area (Å²) in [4.78, 5) is 11.6. The maximum absolute atomic E-state index is 13.5. The fourth-order valence-electron chi connectivity index (χ4n) is 2.09. The highest BCUT2D eigenvalue weighted by Gasteiger charge is 2.26. The van der Waals surface area contributed by atoms with E-state index in [0.29, 0.717) is 17.0 Å². The van der Waals surface area contributed by atoms with Crippen molar-refractivity contribution in [2.45, 2.75) is 31.6 Å². The number of hydrogen-bond donors (Lipinski definition) is 0. The molecule has 3 heteroatoms. The van der Waals surface area contributed by atoms with Gasteiger partial charge in [0.25, 0.3) is 0 Å². The van der Waals surface area contributed by atoms with Crippen LogP contribution in [0, 0.1) is 5.82 Å². The molecule has 0 spiro atoms. The number of hydrogen-bond acceptors (Lipinski definition) is 1. The first-order valence-electron chi connectivity index (χ1n) is 5.16. The van der Waals surface area contributed by atoms with Gasteiger partial charge in [-0.15, -0.1) is 0 Å². The van der Waals surface area contributed by atoms with Crippen LogP contribution < -0.4 is 0 Å². The normalized spacial score (nSPS) is 21.7. The number of ketones is 1. The molecule has 0 aromatic heterocycles. The van der Waals surface area contributed by atoms with Crippen LogP contribution in [0.5, 0.6) is 0 Å². The molecule has 1 atom stereocenters. The highest BCUT2D eigenvalue weighted by atomic mass is 35.5. The van der Waals surface area contributed by atoms with Gasteiger partial charge in [-0.25, -0.2) is 4.39 Å². The molecular weight excluding hydrogens is 215 g/mol. The number of benzene rings is 1. The van der Waals surface area contributed by atoms with Crippen molar-refractivity contribution in [2.75, 3.05) is 0 Å². The van der Waals surface area contributed by atoms with Crippen LogP contribution in [0.3, 0.4) is 0 Å². The maximum Gasteiger partial charge on any atom is 0.140 e. The Kier molecular flexibility index (Phi) is 3.06. The average molecular weight is 227 g/mol. The first-order chi connectivity index (χ1) is 7.18. The summed E-state index contributed by atoms with van der Waals surface area (Å²) >= 11 is 5.81. The Morgan fingerprint density at radius 3 is 2.87 bits per heavy atom. The van der Waals surface area contributed by atoms with Gasteiger partial charge in [0.2, 0.25) is 0 Å². The summed E-state index contributed by atoms with van der Waals surface area (Å²) in [6.07, 6.45) is 3.23. The lowest BCUT2D eigenvalue weighted by atomic mass is 9.83. The Labute approximate surface area is 93.2 Å². The third kappa shape index (κ3) is 2.20. The summed E-state index contributed by atoms with van der Waals surface area (Å²) in [5, 5.41) is 0.491. The van der Waals surface area contributed by atoms with Gasteiger partial charge in [0, 0.05) is 17.4 Å². The molecule has 1 saturated carbocycles. The molecular formula is C12H12ClFO. The Morgan fingerprint density at radius 1 is 1.33 bits per heavy atom.